The molecule has 0 radical (unpaired) electrons. The molecule has 0 unspecified atom stereocenters. The molecule has 4 rings (SSSR count). The number of aromatic nitrogens is 4. The summed E-state index contributed by atoms with van der Waals surface area (Å²) in [5.74, 6) is -0.231. The van der Waals surface area contributed by atoms with Crippen LogP contribution in [0.1, 0.15) is 12.5 Å². The molecule has 29 heavy (non-hydrogen) atoms. The van der Waals surface area contributed by atoms with Gasteiger partial charge in [0.25, 0.3) is 5.56 Å². The number of amides is 1. The van der Waals surface area contributed by atoms with Gasteiger partial charge in [0.15, 0.2) is 0 Å². The summed E-state index contributed by atoms with van der Waals surface area (Å²) in [7, 11) is 1.68. The number of carbonyl (C=O) groups excluding carboxylic acids is 1. The van der Waals surface area contributed by atoms with Gasteiger partial charge in [-0.1, -0.05) is 49.4 Å². The molecule has 2 aromatic heterocycles. The molecule has 0 bridgehead atoms. The van der Waals surface area contributed by atoms with E-state index in [1.807, 2.05) is 54.6 Å². The normalized spacial score (nSPS) is 11.0. The van der Waals surface area contributed by atoms with Gasteiger partial charge in [-0.3, -0.25) is 9.59 Å². The summed E-state index contributed by atoms with van der Waals surface area (Å²) in [4.78, 5) is 26.9. The lowest BCUT2D eigenvalue weighted by molar-refractivity contribution is -0.119. The zero-order valence-corrected chi connectivity index (χ0v) is 16.3. The number of carbonyl (C=O) groups is 1. The van der Waals surface area contributed by atoms with Crippen molar-refractivity contribution in [1.82, 2.24) is 19.4 Å². The lowest BCUT2D eigenvalue weighted by atomic mass is 10.1. The summed E-state index contributed by atoms with van der Waals surface area (Å²) in [5, 5.41) is 8.56. The molecule has 2 aromatic carbocycles. The quantitative estimate of drug-likeness (QED) is 0.528. The first-order valence-electron chi connectivity index (χ1n) is 9.43. The van der Waals surface area contributed by atoms with Crippen LogP contribution >= 0.6 is 0 Å². The Balaban J connectivity index is 1.62. The molecule has 0 saturated heterocycles. The average Bonchev–Trinajstić information content (AvgIpc) is 3.21. The van der Waals surface area contributed by atoms with Gasteiger partial charge in [-0.15, -0.1) is 0 Å². The van der Waals surface area contributed by atoms with Gasteiger partial charge in [0.1, 0.15) is 18.4 Å². The Kier molecular flexibility index (Phi) is 4.95. The third-order valence-electron chi connectivity index (χ3n) is 4.95. The number of anilines is 1. The van der Waals surface area contributed by atoms with Crippen molar-refractivity contribution >= 4 is 17.1 Å². The molecule has 0 atom stereocenters. The third kappa shape index (κ3) is 3.67. The van der Waals surface area contributed by atoms with Gasteiger partial charge < -0.3 is 4.90 Å². The van der Waals surface area contributed by atoms with Gasteiger partial charge in [-0.25, -0.2) is 9.20 Å². The van der Waals surface area contributed by atoms with Gasteiger partial charge in [-0.05, 0) is 30.2 Å². The maximum atomic E-state index is 12.8. The highest BCUT2D eigenvalue weighted by molar-refractivity contribution is 5.92. The fourth-order valence-corrected chi connectivity index (χ4v) is 3.13. The molecule has 0 spiro atoms. The number of hydrogen-bond donors (Lipinski definition) is 0. The summed E-state index contributed by atoms with van der Waals surface area (Å²) < 4.78 is 2.62. The summed E-state index contributed by atoms with van der Waals surface area (Å²) in [5.41, 5.74) is 3.64. The molecule has 0 saturated carbocycles. The first-order valence-corrected chi connectivity index (χ1v) is 9.43. The third-order valence-corrected chi connectivity index (χ3v) is 4.95. The van der Waals surface area contributed by atoms with Crippen LogP contribution in [0.25, 0.3) is 16.8 Å². The molecule has 7 heteroatoms. The SMILES string of the molecule is CCc1ccc(-c2cc3c(=O)n(CC(=O)N(C)c4ccccc4)ncn3n2)cc1. The number of nitrogens with zero attached hydrogens (tertiary/aromatic N) is 5. The molecule has 4 aromatic rings. The molecule has 1 amide bonds. The van der Waals surface area contributed by atoms with Crippen LogP contribution in [0.3, 0.4) is 0 Å². The largest absolute Gasteiger partial charge is 0.314 e. The number of hydrogen-bond acceptors (Lipinski definition) is 4. The fraction of sp³-hybridized carbons (Fsp3) is 0.182. The van der Waals surface area contributed by atoms with Crippen molar-refractivity contribution < 1.29 is 4.79 Å². The van der Waals surface area contributed by atoms with E-state index in [1.165, 1.54) is 26.0 Å². The van der Waals surface area contributed by atoms with Crippen molar-refractivity contribution in [2.75, 3.05) is 11.9 Å². The van der Waals surface area contributed by atoms with Crippen LogP contribution in [-0.4, -0.2) is 32.3 Å². The Bertz CT molecular complexity index is 1210. The average molecular weight is 387 g/mol. The molecule has 2 heterocycles. The van der Waals surface area contributed by atoms with Gasteiger partial charge in [0, 0.05) is 18.3 Å². The lowest BCUT2D eigenvalue weighted by Crippen LogP contribution is -2.35. The van der Waals surface area contributed by atoms with Crippen LogP contribution in [0.2, 0.25) is 0 Å². The second-order valence-corrected chi connectivity index (χ2v) is 6.79. The first kappa shape index (κ1) is 18.6. The maximum absolute atomic E-state index is 12.8. The summed E-state index contributed by atoms with van der Waals surface area (Å²) >= 11 is 0. The second-order valence-electron chi connectivity index (χ2n) is 6.79. The van der Waals surface area contributed by atoms with E-state index in [0.29, 0.717) is 11.2 Å². The van der Waals surface area contributed by atoms with E-state index >= 15 is 0 Å². The van der Waals surface area contributed by atoms with E-state index < -0.39 is 0 Å². The highest BCUT2D eigenvalue weighted by Crippen LogP contribution is 2.19. The van der Waals surface area contributed by atoms with Gasteiger partial charge in [0.05, 0.1) is 5.69 Å². The lowest BCUT2D eigenvalue weighted by Gasteiger charge is -2.17. The number of benzene rings is 2. The van der Waals surface area contributed by atoms with E-state index in [-0.39, 0.29) is 18.0 Å². The Morgan fingerprint density at radius 3 is 2.48 bits per heavy atom. The van der Waals surface area contributed by atoms with Crippen molar-refractivity contribution in [3.05, 3.63) is 82.9 Å². The minimum absolute atomic E-state index is 0.146. The Morgan fingerprint density at radius 2 is 1.79 bits per heavy atom. The Hall–Kier alpha value is -3.74. The fourth-order valence-electron chi connectivity index (χ4n) is 3.13. The topological polar surface area (TPSA) is 72.5 Å². The summed E-state index contributed by atoms with van der Waals surface area (Å²) in [6.07, 6.45) is 2.42. The highest BCUT2D eigenvalue weighted by Gasteiger charge is 2.15. The molecular weight excluding hydrogens is 366 g/mol. The molecule has 0 fully saturated rings. The van der Waals surface area contributed by atoms with E-state index in [9.17, 15) is 9.59 Å². The van der Waals surface area contributed by atoms with Crippen LogP contribution in [-0.2, 0) is 17.8 Å². The Labute approximate surface area is 167 Å². The van der Waals surface area contributed by atoms with Crippen molar-refractivity contribution in [2.24, 2.45) is 0 Å². The number of rotatable bonds is 5. The summed E-state index contributed by atoms with van der Waals surface area (Å²) in [6.45, 7) is 1.96. The second kappa shape index (κ2) is 7.71. The van der Waals surface area contributed by atoms with Crippen LogP contribution in [0.15, 0.2) is 71.8 Å². The zero-order chi connectivity index (χ0) is 20.4. The van der Waals surface area contributed by atoms with Crippen molar-refractivity contribution in [3.8, 4) is 11.3 Å². The molecular formula is C22H21N5O2. The number of aryl methyl sites for hydroxylation is 1. The van der Waals surface area contributed by atoms with Crippen molar-refractivity contribution in [2.45, 2.75) is 19.9 Å². The van der Waals surface area contributed by atoms with Crippen LogP contribution < -0.4 is 10.5 Å². The molecule has 7 nitrogen and oxygen atoms in total. The monoisotopic (exact) mass is 387 g/mol. The number of fused-ring (bicyclic) bond motifs is 1. The van der Waals surface area contributed by atoms with Crippen LogP contribution in [0.4, 0.5) is 5.69 Å². The number of likely N-dealkylation sites (N-methyl/N-ethyl adjacent to an activating group) is 1. The molecule has 0 N–H and O–H groups in total. The smallest absolute Gasteiger partial charge is 0.293 e. The van der Waals surface area contributed by atoms with Crippen LogP contribution in [0.5, 0.6) is 0 Å². The van der Waals surface area contributed by atoms with E-state index in [4.69, 9.17) is 0 Å². The molecule has 0 aliphatic heterocycles. The molecule has 0 aliphatic rings. The predicted octanol–water partition coefficient (Wildman–Crippen LogP) is 2.78. The predicted molar refractivity (Wildman–Crippen MR) is 112 cm³/mol. The van der Waals surface area contributed by atoms with Gasteiger partial charge in [-0.2, -0.15) is 10.2 Å². The Morgan fingerprint density at radius 1 is 1.07 bits per heavy atom. The minimum Gasteiger partial charge on any atom is -0.314 e. The van der Waals surface area contributed by atoms with Crippen molar-refractivity contribution in [1.29, 1.82) is 0 Å². The summed E-state index contributed by atoms with van der Waals surface area (Å²) in [6, 6.07) is 19.1. The maximum Gasteiger partial charge on any atom is 0.293 e. The zero-order valence-electron chi connectivity index (χ0n) is 16.3. The van der Waals surface area contributed by atoms with Gasteiger partial charge >= 0.3 is 0 Å². The highest BCUT2D eigenvalue weighted by atomic mass is 16.2. The minimum atomic E-state index is -0.355. The standard InChI is InChI=1S/C22H21N5O2/c1-3-16-9-11-17(12-10-16)19-13-20-22(29)26(23-15-27(20)24-19)14-21(28)25(2)18-7-5-4-6-8-18/h4-13,15H,3,14H2,1-2H3. The molecule has 0 aliphatic carbocycles. The van der Waals surface area contributed by atoms with E-state index in [0.717, 1.165) is 17.7 Å². The van der Waals surface area contributed by atoms with E-state index in [1.54, 1.807) is 13.1 Å². The van der Waals surface area contributed by atoms with E-state index in [2.05, 4.69) is 17.1 Å². The molecule has 146 valence electrons. The van der Waals surface area contributed by atoms with Crippen LogP contribution in [0, 0.1) is 0 Å². The van der Waals surface area contributed by atoms with Gasteiger partial charge in [0.2, 0.25) is 5.91 Å². The van der Waals surface area contributed by atoms with Crippen molar-refractivity contribution in [3.63, 3.8) is 0 Å². The first-order chi connectivity index (χ1) is 14.1. The number of para-hydroxylation sites is 1.